The van der Waals surface area contributed by atoms with Crippen molar-refractivity contribution in [3.8, 4) is 0 Å². The summed E-state index contributed by atoms with van der Waals surface area (Å²) in [5.41, 5.74) is 9.40. The molecule has 0 radical (unpaired) electrons. The van der Waals surface area contributed by atoms with Crippen molar-refractivity contribution in [2.24, 2.45) is 0 Å². The van der Waals surface area contributed by atoms with Crippen LogP contribution < -0.4 is 0 Å². The Morgan fingerprint density at radius 3 is 2.81 bits per heavy atom. The molecule has 0 aromatic heterocycles. The van der Waals surface area contributed by atoms with E-state index in [9.17, 15) is 0 Å². The van der Waals surface area contributed by atoms with Gasteiger partial charge in [-0.2, -0.15) is 0 Å². The van der Waals surface area contributed by atoms with Crippen molar-refractivity contribution in [3.63, 3.8) is 0 Å². The SMILES string of the molecule is C/C=C\C1=C(C)CCN2Cc3c(ccc(C)c3CC)CC12. The second-order valence-corrected chi connectivity index (χ2v) is 6.53. The number of aryl methyl sites for hydroxylation is 1. The molecule has 0 amide bonds. The highest BCUT2D eigenvalue weighted by Gasteiger charge is 2.32. The van der Waals surface area contributed by atoms with E-state index in [0.717, 1.165) is 13.0 Å². The lowest BCUT2D eigenvalue weighted by Gasteiger charge is -2.42. The molecule has 0 bridgehead atoms. The molecule has 0 saturated heterocycles. The first-order valence-corrected chi connectivity index (χ1v) is 8.32. The minimum absolute atomic E-state index is 0.592. The summed E-state index contributed by atoms with van der Waals surface area (Å²) in [5, 5.41) is 0. The predicted octanol–water partition coefficient (Wildman–Crippen LogP) is 4.58. The van der Waals surface area contributed by atoms with Crippen LogP contribution in [0.15, 0.2) is 35.4 Å². The van der Waals surface area contributed by atoms with Crippen molar-refractivity contribution in [2.45, 2.75) is 59.5 Å². The zero-order chi connectivity index (χ0) is 15.0. The molecule has 2 heterocycles. The van der Waals surface area contributed by atoms with Crippen LogP contribution in [-0.2, 0) is 19.4 Å². The normalized spacial score (nSPS) is 22.6. The van der Waals surface area contributed by atoms with Crippen LogP contribution >= 0.6 is 0 Å². The fraction of sp³-hybridized carbons (Fsp3) is 0.500. The maximum atomic E-state index is 2.70. The molecule has 0 aliphatic carbocycles. The number of hydrogen-bond donors (Lipinski definition) is 0. The highest BCUT2D eigenvalue weighted by Crippen LogP contribution is 2.35. The van der Waals surface area contributed by atoms with Crippen molar-refractivity contribution >= 4 is 0 Å². The number of rotatable bonds is 2. The van der Waals surface area contributed by atoms with Crippen LogP contribution in [0, 0.1) is 6.92 Å². The quantitative estimate of drug-likeness (QED) is 0.767. The molecular formula is C20H27N. The van der Waals surface area contributed by atoms with Crippen LogP contribution in [0.1, 0.15) is 49.4 Å². The van der Waals surface area contributed by atoms with Crippen molar-refractivity contribution in [1.29, 1.82) is 0 Å². The Labute approximate surface area is 129 Å². The molecule has 3 rings (SSSR count). The molecule has 0 spiro atoms. The van der Waals surface area contributed by atoms with E-state index in [4.69, 9.17) is 0 Å². The van der Waals surface area contributed by atoms with Crippen LogP contribution in [-0.4, -0.2) is 17.5 Å². The highest BCUT2D eigenvalue weighted by atomic mass is 15.2. The van der Waals surface area contributed by atoms with Gasteiger partial charge in [0.1, 0.15) is 0 Å². The standard InChI is InChI=1S/C20H27N/c1-5-7-18-15(4)10-11-21-13-19-16(12-20(18)21)9-8-14(3)17(19)6-2/h5,7-9,20H,6,10-13H2,1-4H3/b7-5-. The molecule has 1 unspecified atom stereocenters. The summed E-state index contributed by atoms with van der Waals surface area (Å²) >= 11 is 0. The summed E-state index contributed by atoms with van der Waals surface area (Å²) in [4.78, 5) is 2.70. The monoisotopic (exact) mass is 281 g/mol. The Balaban J connectivity index is 2.03. The predicted molar refractivity (Wildman–Crippen MR) is 90.6 cm³/mol. The van der Waals surface area contributed by atoms with E-state index in [1.165, 1.54) is 24.9 Å². The third-order valence-electron chi connectivity index (χ3n) is 5.30. The summed E-state index contributed by atoms with van der Waals surface area (Å²) in [6, 6.07) is 5.29. The largest absolute Gasteiger partial charge is 0.291 e. The molecule has 2 aliphatic heterocycles. The Kier molecular flexibility index (Phi) is 4.03. The minimum atomic E-state index is 0.592. The molecule has 21 heavy (non-hydrogen) atoms. The maximum absolute atomic E-state index is 2.70. The van der Waals surface area contributed by atoms with Gasteiger partial charge in [-0.3, -0.25) is 4.90 Å². The molecule has 0 saturated carbocycles. The van der Waals surface area contributed by atoms with Crippen molar-refractivity contribution in [1.82, 2.24) is 4.90 Å². The molecule has 1 heteroatoms. The number of allylic oxidation sites excluding steroid dienone is 1. The first kappa shape index (κ1) is 14.6. The van der Waals surface area contributed by atoms with Gasteiger partial charge in [0, 0.05) is 19.1 Å². The van der Waals surface area contributed by atoms with E-state index < -0.39 is 0 Å². The fourth-order valence-corrected chi connectivity index (χ4v) is 4.10. The Morgan fingerprint density at radius 2 is 2.10 bits per heavy atom. The Bertz CT molecular complexity index is 607. The maximum Gasteiger partial charge on any atom is 0.0391 e. The van der Waals surface area contributed by atoms with Gasteiger partial charge in [0.25, 0.3) is 0 Å². The van der Waals surface area contributed by atoms with E-state index in [1.807, 2.05) is 0 Å². The molecule has 0 N–H and O–H groups in total. The van der Waals surface area contributed by atoms with E-state index in [-0.39, 0.29) is 0 Å². The summed E-state index contributed by atoms with van der Waals surface area (Å²) in [6.07, 6.45) is 8.10. The summed E-state index contributed by atoms with van der Waals surface area (Å²) in [5.74, 6) is 0. The number of benzene rings is 1. The molecular weight excluding hydrogens is 254 g/mol. The van der Waals surface area contributed by atoms with Gasteiger partial charge in [0.2, 0.25) is 0 Å². The van der Waals surface area contributed by atoms with E-state index in [2.05, 4.69) is 56.9 Å². The van der Waals surface area contributed by atoms with Gasteiger partial charge in [-0.15, -0.1) is 0 Å². The second-order valence-electron chi connectivity index (χ2n) is 6.53. The molecule has 0 fully saturated rings. The van der Waals surface area contributed by atoms with Crippen LogP contribution in [0.4, 0.5) is 0 Å². The van der Waals surface area contributed by atoms with Gasteiger partial charge in [0.15, 0.2) is 0 Å². The van der Waals surface area contributed by atoms with E-state index in [1.54, 1.807) is 27.8 Å². The lowest BCUT2D eigenvalue weighted by molar-refractivity contribution is 0.187. The third-order valence-corrected chi connectivity index (χ3v) is 5.30. The van der Waals surface area contributed by atoms with Gasteiger partial charge in [0.05, 0.1) is 0 Å². The zero-order valence-electron chi connectivity index (χ0n) is 13.9. The topological polar surface area (TPSA) is 3.24 Å². The van der Waals surface area contributed by atoms with Gasteiger partial charge in [-0.05, 0) is 67.9 Å². The average molecular weight is 281 g/mol. The Morgan fingerprint density at radius 1 is 1.29 bits per heavy atom. The van der Waals surface area contributed by atoms with Crippen molar-refractivity contribution in [3.05, 3.63) is 57.7 Å². The van der Waals surface area contributed by atoms with Gasteiger partial charge >= 0.3 is 0 Å². The third kappa shape index (κ3) is 2.48. The van der Waals surface area contributed by atoms with E-state index in [0.29, 0.717) is 6.04 Å². The molecule has 1 aromatic carbocycles. The molecule has 112 valence electrons. The molecule has 1 aromatic rings. The highest BCUT2D eigenvalue weighted by molar-refractivity contribution is 5.45. The second kappa shape index (κ2) is 5.81. The zero-order valence-corrected chi connectivity index (χ0v) is 13.9. The lowest BCUT2D eigenvalue weighted by atomic mass is 9.81. The van der Waals surface area contributed by atoms with Crippen molar-refractivity contribution in [2.75, 3.05) is 6.54 Å². The molecule has 2 aliphatic rings. The average Bonchev–Trinajstić information content (AvgIpc) is 2.49. The smallest absolute Gasteiger partial charge is 0.0391 e. The first-order chi connectivity index (χ1) is 10.2. The fourth-order valence-electron chi connectivity index (χ4n) is 4.10. The summed E-state index contributed by atoms with van der Waals surface area (Å²) in [6.45, 7) is 11.4. The van der Waals surface area contributed by atoms with Crippen LogP contribution in [0.5, 0.6) is 0 Å². The lowest BCUT2D eigenvalue weighted by Crippen LogP contribution is -2.45. The number of fused-ring (bicyclic) bond motifs is 2. The molecule has 1 nitrogen and oxygen atoms in total. The van der Waals surface area contributed by atoms with Gasteiger partial charge < -0.3 is 0 Å². The molecule has 1 atom stereocenters. The number of hydrogen-bond acceptors (Lipinski definition) is 1. The van der Waals surface area contributed by atoms with Crippen LogP contribution in [0.3, 0.4) is 0 Å². The van der Waals surface area contributed by atoms with Gasteiger partial charge in [-0.25, -0.2) is 0 Å². The first-order valence-electron chi connectivity index (χ1n) is 8.32. The van der Waals surface area contributed by atoms with E-state index >= 15 is 0 Å². The van der Waals surface area contributed by atoms with Crippen LogP contribution in [0.2, 0.25) is 0 Å². The van der Waals surface area contributed by atoms with Gasteiger partial charge in [-0.1, -0.05) is 36.8 Å². The number of nitrogens with zero attached hydrogens (tertiary/aromatic N) is 1. The summed E-state index contributed by atoms with van der Waals surface area (Å²) < 4.78 is 0. The minimum Gasteiger partial charge on any atom is -0.291 e. The van der Waals surface area contributed by atoms with Crippen LogP contribution in [0.25, 0.3) is 0 Å². The summed E-state index contributed by atoms with van der Waals surface area (Å²) in [7, 11) is 0. The Hall–Kier alpha value is -1.34. The van der Waals surface area contributed by atoms with Crippen molar-refractivity contribution < 1.29 is 0 Å².